The molecule has 0 atom stereocenters. The molecule has 3 rings (SSSR count). The van der Waals surface area contributed by atoms with Crippen molar-refractivity contribution in [3.8, 4) is 0 Å². The summed E-state index contributed by atoms with van der Waals surface area (Å²) in [6.07, 6.45) is 2.90. The van der Waals surface area contributed by atoms with Gasteiger partial charge in [0.15, 0.2) is 0 Å². The summed E-state index contributed by atoms with van der Waals surface area (Å²) in [4.78, 5) is 20.3. The van der Waals surface area contributed by atoms with Gasteiger partial charge in [0, 0.05) is 12.2 Å². The Labute approximate surface area is 138 Å². The van der Waals surface area contributed by atoms with Crippen LogP contribution >= 0.6 is 0 Å². The molecule has 2 aromatic carbocycles. The van der Waals surface area contributed by atoms with Crippen molar-refractivity contribution in [2.75, 3.05) is 10.6 Å². The van der Waals surface area contributed by atoms with Crippen molar-refractivity contribution in [2.45, 2.75) is 6.54 Å². The Balaban J connectivity index is 1.58. The van der Waals surface area contributed by atoms with Crippen LogP contribution in [0.1, 0.15) is 16.1 Å². The van der Waals surface area contributed by atoms with Crippen LogP contribution in [0.15, 0.2) is 67.0 Å². The average molecular weight is 322 g/mol. The predicted octanol–water partition coefficient (Wildman–Crippen LogP) is 3.48. The first-order valence-electron chi connectivity index (χ1n) is 7.37. The van der Waals surface area contributed by atoms with E-state index >= 15 is 0 Å². The van der Waals surface area contributed by atoms with Gasteiger partial charge in [-0.05, 0) is 29.8 Å². The van der Waals surface area contributed by atoms with Gasteiger partial charge in [-0.1, -0.05) is 30.3 Å². The van der Waals surface area contributed by atoms with Gasteiger partial charge < -0.3 is 10.6 Å². The Morgan fingerprint density at radius 3 is 2.38 bits per heavy atom. The van der Waals surface area contributed by atoms with Crippen molar-refractivity contribution >= 4 is 17.4 Å². The molecule has 0 aliphatic heterocycles. The van der Waals surface area contributed by atoms with E-state index in [0.717, 1.165) is 5.56 Å². The number of anilines is 2. The highest BCUT2D eigenvalue weighted by molar-refractivity contribution is 6.02. The molecule has 0 aliphatic rings. The third-order valence-corrected chi connectivity index (χ3v) is 3.30. The minimum atomic E-state index is -0.321. The number of hydrogen-bond donors (Lipinski definition) is 2. The molecule has 1 amide bonds. The van der Waals surface area contributed by atoms with Gasteiger partial charge in [-0.25, -0.2) is 14.4 Å². The lowest BCUT2D eigenvalue weighted by atomic mass is 10.2. The summed E-state index contributed by atoms with van der Waals surface area (Å²) >= 11 is 0. The molecule has 0 unspecified atom stereocenters. The number of rotatable bonds is 5. The molecule has 1 heterocycles. The first kappa shape index (κ1) is 15.6. The van der Waals surface area contributed by atoms with E-state index in [1.165, 1.54) is 24.5 Å². The molecular weight excluding hydrogens is 307 g/mol. The lowest BCUT2D eigenvalue weighted by Gasteiger charge is -2.07. The molecule has 1 aromatic heterocycles. The van der Waals surface area contributed by atoms with Crippen LogP contribution in [0.5, 0.6) is 0 Å². The number of nitrogens with one attached hydrogen (secondary N) is 2. The molecule has 2 N–H and O–H groups in total. The Hall–Kier alpha value is -3.28. The van der Waals surface area contributed by atoms with Crippen molar-refractivity contribution in [3.63, 3.8) is 0 Å². The number of para-hydroxylation sites is 1. The van der Waals surface area contributed by atoms with E-state index in [1.54, 1.807) is 24.3 Å². The van der Waals surface area contributed by atoms with Crippen LogP contribution in [-0.4, -0.2) is 15.9 Å². The van der Waals surface area contributed by atoms with Crippen LogP contribution in [0.3, 0.4) is 0 Å². The van der Waals surface area contributed by atoms with E-state index in [2.05, 4.69) is 20.6 Å². The molecule has 0 saturated carbocycles. The summed E-state index contributed by atoms with van der Waals surface area (Å²) in [6.45, 7) is 0.491. The Morgan fingerprint density at radius 1 is 0.958 bits per heavy atom. The third kappa shape index (κ3) is 4.13. The fourth-order valence-corrected chi connectivity index (χ4v) is 2.05. The average Bonchev–Trinajstić information content (AvgIpc) is 2.62. The quantitative estimate of drug-likeness (QED) is 0.755. The highest BCUT2D eigenvalue weighted by atomic mass is 19.1. The first-order chi connectivity index (χ1) is 11.7. The molecule has 3 aromatic rings. The normalized spacial score (nSPS) is 10.2. The molecule has 0 fully saturated rings. The zero-order valence-corrected chi connectivity index (χ0v) is 12.7. The Bertz CT molecular complexity index is 805. The van der Waals surface area contributed by atoms with Crippen LogP contribution in [0, 0.1) is 5.82 Å². The maximum atomic E-state index is 12.8. The number of halogens is 1. The Kier molecular flexibility index (Phi) is 4.76. The standard InChI is InChI=1S/C18H15FN4O/c19-14-8-6-13(7-9-14)10-21-17-12-20-16(11-22-17)18(24)23-15-4-2-1-3-5-15/h1-9,11-12H,10H2,(H,21,22)(H,23,24). The zero-order valence-electron chi connectivity index (χ0n) is 12.7. The van der Waals surface area contributed by atoms with Gasteiger partial charge in [-0.3, -0.25) is 4.79 Å². The smallest absolute Gasteiger partial charge is 0.275 e. The van der Waals surface area contributed by atoms with Gasteiger partial charge in [-0.2, -0.15) is 0 Å². The summed E-state index contributed by atoms with van der Waals surface area (Å²) in [7, 11) is 0. The van der Waals surface area contributed by atoms with Gasteiger partial charge in [0.1, 0.15) is 17.3 Å². The molecule has 120 valence electrons. The molecule has 6 heteroatoms. The number of benzene rings is 2. The Morgan fingerprint density at radius 2 is 1.71 bits per heavy atom. The van der Waals surface area contributed by atoms with Crippen LogP contribution in [0.25, 0.3) is 0 Å². The van der Waals surface area contributed by atoms with Crippen molar-refractivity contribution in [1.82, 2.24) is 9.97 Å². The fourth-order valence-electron chi connectivity index (χ4n) is 2.05. The van der Waals surface area contributed by atoms with Gasteiger partial charge >= 0.3 is 0 Å². The van der Waals surface area contributed by atoms with E-state index in [-0.39, 0.29) is 17.4 Å². The maximum Gasteiger partial charge on any atom is 0.275 e. The first-order valence-corrected chi connectivity index (χ1v) is 7.37. The monoisotopic (exact) mass is 322 g/mol. The molecular formula is C18H15FN4O. The van der Waals surface area contributed by atoms with Gasteiger partial charge in [0.2, 0.25) is 0 Å². The number of nitrogens with zero attached hydrogens (tertiary/aromatic N) is 2. The van der Waals surface area contributed by atoms with E-state index in [4.69, 9.17) is 0 Å². The lowest BCUT2D eigenvalue weighted by molar-refractivity contribution is 0.102. The molecule has 5 nitrogen and oxygen atoms in total. The summed E-state index contributed by atoms with van der Waals surface area (Å²) in [5.41, 5.74) is 1.85. The minimum absolute atomic E-state index is 0.228. The fraction of sp³-hybridized carbons (Fsp3) is 0.0556. The van der Waals surface area contributed by atoms with Crippen LogP contribution < -0.4 is 10.6 Å². The third-order valence-electron chi connectivity index (χ3n) is 3.30. The number of carbonyl (C=O) groups excluding carboxylic acids is 1. The molecule has 0 saturated heterocycles. The predicted molar refractivity (Wildman–Crippen MR) is 90.2 cm³/mol. The minimum Gasteiger partial charge on any atom is -0.365 e. The molecule has 24 heavy (non-hydrogen) atoms. The van der Waals surface area contributed by atoms with Gasteiger partial charge in [0.05, 0.1) is 12.4 Å². The second-order valence-electron chi connectivity index (χ2n) is 5.09. The molecule has 0 aliphatic carbocycles. The van der Waals surface area contributed by atoms with Crippen molar-refractivity contribution in [2.24, 2.45) is 0 Å². The lowest BCUT2D eigenvalue weighted by Crippen LogP contribution is -2.14. The van der Waals surface area contributed by atoms with Gasteiger partial charge in [-0.15, -0.1) is 0 Å². The number of aromatic nitrogens is 2. The summed E-state index contributed by atoms with van der Waals surface area (Å²) in [5, 5.41) is 5.81. The largest absolute Gasteiger partial charge is 0.365 e. The summed E-state index contributed by atoms with van der Waals surface area (Å²) < 4.78 is 12.8. The molecule has 0 bridgehead atoms. The van der Waals surface area contributed by atoms with Gasteiger partial charge in [0.25, 0.3) is 5.91 Å². The van der Waals surface area contributed by atoms with E-state index < -0.39 is 0 Å². The number of amides is 1. The van der Waals surface area contributed by atoms with Crippen molar-refractivity contribution < 1.29 is 9.18 Å². The molecule has 0 radical (unpaired) electrons. The van der Waals surface area contributed by atoms with Crippen LogP contribution in [0.2, 0.25) is 0 Å². The van der Waals surface area contributed by atoms with Crippen LogP contribution in [-0.2, 0) is 6.54 Å². The zero-order chi connectivity index (χ0) is 16.8. The van der Waals surface area contributed by atoms with E-state index in [0.29, 0.717) is 18.1 Å². The summed E-state index contributed by atoms with van der Waals surface area (Å²) in [5.74, 6) is -0.0540. The summed E-state index contributed by atoms with van der Waals surface area (Å²) in [6, 6.07) is 15.3. The highest BCUT2D eigenvalue weighted by Crippen LogP contribution is 2.09. The number of hydrogen-bond acceptors (Lipinski definition) is 4. The van der Waals surface area contributed by atoms with E-state index in [1.807, 2.05) is 18.2 Å². The van der Waals surface area contributed by atoms with Crippen molar-refractivity contribution in [3.05, 3.63) is 84.1 Å². The SMILES string of the molecule is O=C(Nc1ccccc1)c1cnc(NCc2ccc(F)cc2)cn1. The highest BCUT2D eigenvalue weighted by Gasteiger charge is 2.08. The topological polar surface area (TPSA) is 66.9 Å². The van der Waals surface area contributed by atoms with E-state index in [9.17, 15) is 9.18 Å². The molecule has 0 spiro atoms. The second kappa shape index (κ2) is 7.32. The van der Waals surface area contributed by atoms with Crippen molar-refractivity contribution in [1.29, 1.82) is 0 Å². The maximum absolute atomic E-state index is 12.8. The number of carbonyl (C=O) groups is 1. The van der Waals surface area contributed by atoms with Crippen LogP contribution in [0.4, 0.5) is 15.9 Å². The second-order valence-corrected chi connectivity index (χ2v) is 5.09.